The topological polar surface area (TPSA) is 29.1 Å². The molecule has 2 aromatic rings. The van der Waals surface area contributed by atoms with Crippen molar-refractivity contribution in [3.8, 4) is 11.1 Å². The van der Waals surface area contributed by atoms with Crippen LogP contribution >= 0.6 is 31.9 Å². The first-order valence-corrected chi connectivity index (χ1v) is 8.14. The Morgan fingerprint density at radius 1 is 1.00 bits per heavy atom. The molecule has 0 fully saturated rings. The molecule has 1 N–H and O–H groups in total. The van der Waals surface area contributed by atoms with Crippen LogP contribution in [-0.4, -0.2) is 12.1 Å². The molecule has 0 heterocycles. The highest BCUT2D eigenvalue weighted by molar-refractivity contribution is 9.13. The monoisotopic (exact) mass is 449 g/mol. The van der Waals surface area contributed by atoms with Gasteiger partial charge in [-0.05, 0) is 80.1 Å². The molecule has 0 unspecified atom stereocenters. The minimum Gasteiger partial charge on any atom is -0.318 e. The van der Waals surface area contributed by atoms with E-state index >= 15 is 0 Å². The van der Waals surface area contributed by atoms with Crippen LogP contribution < -0.4 is 5.32 Å². The zero-order chi connectivity index (χ0) is 17.4. The fourth-order valence-corrected chi connectivity index (χ4v) is 2.98. The van der Waals surface area contributed by atoms with E-state index in [1.54, 1.807) is 19.1 Å². The van der Waals surface area contributed by atoms with Crippen LogP contribution in [0.5, 0.6) is 0 Å². The van der Waals surface area contributed by atoms with Crippen LogP contribution in [0.4, 0.5) is 18.9 Å². The van der Waals surface area contributed by atoms with Gasteiger partial charge in [0.05, 0.1) is 0 Å². The van der Waals surface area contributed by atoms with Gasteiger partial charge in [-0.1, -0.05) is 18.2 Å². The van der Waals surface area contributed by atoms with E-state index in [1.807, 2.05) is 24.4 Å². The van der Waals surface area contributed by atoms with E-state index in [2.05, 4.69) is 31.9 Å². The second-order valence-corrected chi connectivity index (χ2v) is 6.61. The van der Waals surface area contributed by atoms with Crippen LogP contribution in [0.2, 0.25) is 0 Å². The van der Waals surface area contributed by atoms with Gasteiger partial charge in [0.25, 0.3) is 0 Å². The summed E-state index contributed by atoms with van der Waals surface area (Å²) in [6.45, 7) is 3.58. The number of alkyl halides is 3. The average molecular weight is 451 g/mol. The minimum atomic E-state index is -4.92. The molecular formula is C16H12Br2F3NO. The summed E-state index contributed by atoms with van der Waals surface area (Å²) in [5, 5.41) is 1.92. The van der Waals surface area contributed by atoms with Crippen LogP contribution in [0, 0.1) is 13.8 Å². The highest BCUT2D eigenvalue weighted by Crippen LogP contribution is 2.37. The largest absolute Gasteiger partial charge is 0.471 e. The molecule has 122 valence electrons. The second kappa shape index (κ2) is 6.65. The van der Waals surface area contributed by atoms with Gasteiger partial charge in [0.1, 0.15) is 0 Å². The van der Waals surface area contributed by atoms with Gasteiger partial charge in [-0.2, -0.15) is 13.2 Å². The van der Waals surface area contributed by atoms with Crippen molar-refractivity contribution in [1.82, 2.24) is 0 Å². The fourth-order valence-electron chi connectivity index (χ4n) is 2.20. The molecule has 0 aliphatic carbocycles. The molecule has 23 heavy (non-hydrogen) atoms. The maximum atomic E-state index is 12.4. The molecule has 2 aromatic carbocycles. The Hall–Kier alpha value is -1.34. The first-order valence-electron chi connectivity index (χ1n) is 6.55. The van der Waals surface area contributed by atoms with Gasteiger partial charge in [0.2, 0.25) is 0 Å². The number of halogens is 5. The zero-order valence-corrected chi connectivity index (χ0v) is 15.4. The van der Waals surface area contributed by atoms with Crippen molar-refractivity contribution >= 4 is 43.5 Å². The van der Waals surface area contributed by atoms with Crippen molar-refractivity contribution in [2.24, 2.45) is 0 Å². The quantitative estimate of drug-likeness (QED) is 0.597. The predicted octanol–water partition coefficient (Wildman–Crippen LogP) is 6.00. The Morgan fingerprint density at radius 3 is 2.22 bits per heavy atom. The van der Waals surface area contributed by atoms with Gasteiger partial charge in [0.15, 0.2) is 0 Å². The molecule has 0 radical (unpaired) electrons. The predicted molar refractivity (Wildman–Crippen MR) is 91.4 cm³/mol. The Bertz CT molecular complexity index is 773. The zero-order valence-electron chi connectivity index (χ0n) is 12.2. The number of hydrogen-bond acceptors (Lipinski definition) is 1. The van der Waals surface area contributed by atoms with Crippen LogP contribution in [0.25, 0.3) is 11.1 Å². The lowest BCUT2D eigenvalue weighted by molar-refractivity contribution is -0.167. The first kappa shape index (κ1) is 18.0. The third kappa shape index (κ3) is 3.77. The normalized spacial score (nSPS) is 11.4. The summed E-state index contributed by atoms with van der Waals surface area (Å²) in [7, 11) is 0. The maximum absolute atomic E-state index is 12.4. The minimum absolute atomic E-state index is 0.142. The molecule has 0 aromatic heterocycles. The van der Waals surface area contributed by atoms with E-state index in [-0.39, 0.29) is 5.69 Å². The summed E-state index contributed by atoms with van der Waals surface area (Å²) in [5.74, 6) is -1.98. The molecular weight excluding hydrogens is 439 g/mol. The van der Waals surface area contributed by atoms with Crippen molar-refractivity contribution in [3.05, 3.63) is 50.4 Å². The van der Waals surface area contributed by atoms with E-state index in [1.165, 1.54) is 6.07 Å². The Labute approximate surface area is 148 Å². The molecule has 7 heteroatoms. The van der Waals surface area contributed by atoms with Crippen molar-refractivity contribution in [2.45, 2.75) is 20.0 Å². The summed E-state index contributed by atoms with van der Waals surface area (Å²) in [5.41, 5.74) is 3.30. The van der Waals surface area contributed by atoms with E-state index in [9.17, 15) is 18.0 Å². The SMILES string of the molecule is Cc1c(NC(=O)C(F)(F)F)cccc1-c1ccc(Br)c(Br)c1C. The number of amides is 1. The Balaban J connectivity index is 2.49. The van der Waals surface area contributed by atoms with Crippen molar-refractivity contribution in [2.75, 3.05) is 5.32 Å². The highest BCUT2D eigenvalue weighted by atomic mass is 79.9. The highest BCUT2D eigenvalue weighted by Gasteiger charge is 2.38. The molecule has 2 nitrogen and oxygen atoms in total. The molecule has 0 saturated heterocycles. The van der Waals surface area contributed by atoms with Crippen molar-refractivity contribution < 1.29 is 18.0 Å². The standard InChI is InChI=1S/C16H12Br2F3NO/c1-8-10(11-6-7-12(17)14(18)9(11)2)4-3-5-13(8)22-15(23)16(19,20)21/h3-7H,1-2H3,(H,22,23). The third-order valence-electron chi connectivity index (χ3n) is 3.47. The lowest BCUT2D eigenvalue weighted by Crippen LogP contribution is -2.30. The smallest absolute Gasteiger partial charge is 0.318 e. The second-order valence-electron chi connectivity index (χ2n) is 4.96. The van der Waals surface area contributed by atoms with Crippen molar-refractivity contribution in [3.63, 3.8) is 0 Å². The van der Waals surface area contributed by atoms with Crippen LogP contribution in [0.3, 0.4) is 0 Å². The van der Waals surface area contributed by atoms with E-state index < -0.39 is 12.1 Å². The third-order valence-corrected chi connectivity index (χ3v) is 5.68. The summed E-state index contributed by atoms with van der Waals surface area (Å²) >= 11 is 6.88. The average Bonchev–Trinajstić information content (AvgIpc) is 2.47. The molecule has 0 aliphatic rings. The van der Waals surface area contributed by atoms with Crippen LogP contribution in [0.15, 0.2) is 39.3 Å². The molecule has 0 atom stereocenters. The molecule has 0 saturated carbocycles. The van der Waals surface area contributed by atoms with Gasteiger partial charge in [-0.3, -0.25) is 4.79 Å². The van der Waals surface area contributed by atoms with Gasteiger partial charge in [-0.25, -0.2) is 0 Å². The number of rotatable bonds is 2. The lowest BCUT2D eigenvalue weighted by atomic mass is 9.95. The van der Waals surface area contributed by atoms with Crippen molar-refractivity contribution in [1.29, 1.82) is 0 Å². The summed E-state index contributed by atoms with van der Waals surface area (Å²) in [6.07, 6.45) is -4.92. The molecule has 0 aliphatic heterocycles. The Morgan fingerprint density at radius 2 is 1.61 bits per heavy atom. The number of nitrogens with one attached hydrogen (secondary N) is 1. The number of benzene rings is 2. The number of carbonyl (C=O) groups is 1. The van der Waals surface area contributed by atoms with Gasteiger partial charge in [0, 0.05) is 14.6 Å². The summed E-state index contributed by atoms with van der Waals surface area (Å²) < 4.78 is 39.0. The van der Waals surface area contributed by atoms with E-state index in [0.29, 0.717) is 5.56 Å². The fraction of sp³-hybridized carbons (Fsp3) is 0.188. The molecule has 1 amide bonds. The van der Waals surface area contributed by atoms with Crippen LogP contribution in [-0.2, 0) is 4.79 Å². The summed E-state index contributed by atoms with van der Waals surface area (Å²) in [6, 6.07) is 8.60. The van der Waals surface area contributed by atoms with Gasteiger partial charge < -0.3 is 5.32 Å². The maximum Gasteiger partial charge on any atom is 0.471 e. The lowest BCUT2D eigenvalue weighted by Gasteiger charge is -2.16. The van der Waals surface area contributed by atoms with Gasteiger partial charge >= 0.3 is 12.1 Å². The summed E-state index contributed by atoms with van der Waals surface area (Å²) in [4.78, 5) is 11.1. The number of hydrogen-bond donors (Lipinski definition) is 1. The number of carbonyl (C=O) groups excluding carboxylic acids is 1. The Kier molecular flexibility index (Phi) is 5.20. The molecule has 2 rings (SSSR count). The molecule has 0 spiro atoms. The van der Waals surface area contributed by atoms with Gasteiger partial charge in [-0.15, -0.1) is 0 Å². The molecule has 0 bridgehead atoms. The first-order chi connectivity index (χ1) is 10.6. The van der Waals surface area contributed by atoms with E-state index in [4.69, 9.17) is 0 Å². The van der Waals surface area contributed by atoms with Crippen LogP contribution in [0.1, 0.15) is 11.1 Å². The van der Waals surface area contributed by atoms with E-state index in [0.717, 1.165) is 25.6 Å². The number of anilines is 1.